The van der Waals surface area contributed by atoms with Crippen LogP contribution in [0.5, 0.6) is 11.5 Å². The summed E-state index contributed by atoms with van der Waals surface area (Å²) in [4.78, 5) is 10.5. The molecular formula is C14H12Cl2N2O3. The van der Waals surface area contributed by atoms with Gasteiger partial charge in [0.1, 0.15) is 11.5 Å². The van der Waals surface area contributed by atoms with Crippen molar-refractivity contribution >= 4 is 34.6 Å². The molecule has 0 unspecified atom stereocenters. The van der Waals surface area contributed by atoms with Gasteiger partial charge >= 0.3 is 0 Å². The summed E-state index contributed by atoms with van der Waals surface area (Å²) in [6.07, 6.45) is 0. The molecule has 0 amide bonds. The molecule has 2 rings (SSSR count). The summed E-state index contributed by atoms with van der Waals surface area (Å²) >= 11 is 11.8. The number of ether oxygens (including phenoxy) is 1. The van der Waals surface area contributed by atoms with Crippen molar-refractivity contribution in [2.45, 2.75) is 6.92 Å². The number of hydrogen-bond donors (Lipinski definition) is 1. The number of anilines is 1. The van der Waals surface area contributed by atoms with Crippen LogP contribution in [0.25, 0.3) is 0 Å². The van der Waals surface area contributed by atoms with E-state index in [1.165, 1.54) is 12.1 Å². The lowest BCUT2D eigenvalue weighted by atomic mass is 10.2. The second-order valence-corrected chi connectivity index (χ2v) is 5.02. The highest BCUT2D eigenvalue weighted by Crippen LogP contribution is 2.34. The predicted octanol–water partition coefficient (Wildman–Crippen LogP) is 5.13. The zero-order valence-electron chi connectivity index (χ0n) is 11.1. The Morgan fingerprint density at radius 2 is 2.00 bits per heavy atom. The Hall–Kier alpha value is -1.98. The molecule has 0 spiro atoms. The molecule has 0 saturated carbocycles. The zero-order valence-corrected chi connectivity index (χ0v) is 12.6. The van der Waals surface area contributed by atoms with Crippen molar-refractivity contribution in [1.29, 1.82) is 0 Å². The standard InChI is InChI=1S/C14H12Cl2N2O3/c1-2-17-10-6-11(18(19)20)8-12(7-10)21-14-4-3-9(15)5-13(14)16/h3-8,17H,2H2,1H3. The van der Waals surface area contributed by atoms with Crippen molar-refractivity contribution in [2.24, 2.45) is 0 Å². The number of benzene rings is 2. The maximum atomic E-state index is 11.0. The van der Waals surface area contributed by atoms with E-state index in [0.29, 0.717) is 33.8 Å². The molecule has 0 saturated heterocycles. The van der Waals surface area contributed by atoms with Gasteiger partial charge in [-0.3, -0.25) is 10.1 Å². The molecule has 21 heavy (non-hydrogen) atoms. The van der Waals surface area contributed by atoms with Gasteiger partial charge in [-0.25, -0.2) is 0 Å². The van der Waals surface area contributed by atoms with Crippen LogP contribution in [-0.4, -0.2) is 11.5 Å². The number of rotatable bonds is 5. The van der Waals surface area contributed by atoms with E-state index in [0.717, 1.165) is 0 Å². The van der Waals surface area contributed by atoms with Crippen LogP contribution in [0.1, 0.15) is 6.92 Å². The van der Waals surface area contributed by atoms with Crippen molar-refractivity contribution in [1.82, 2.24) is 0 Å². The van der Waals surface area contributed by atoms with E-state index in [1.807, 2.05) is 6.92 Å². The molecule has 2 aromatic rings. The minimum atomic E-state index is -0.475. The zero-order chi connectivity index (χ0) is 15.4. The molecular weight excluding hydrogens is 315 g/mol. The van der Waals surface area contributed by atoms with Gasteiger partial charge in [-0.2, -0.15) is 0 Å². The Morgan fingerprint density at radius 1 is 1.24 bits per heavy atom. The molecule has 0 bridgehead atoms. The molecule has 7 heteroatoms. The lowest BCUT2D eigenvalue weighted by molar-refractivity contribution is -0.384. The Balaban J connectivity index is 2.36. The fourth-order valence-corrected chi connectivity index (χ4v) is 2.19. The molecule has 0 atom stereocenters. The number of nitrogens with zero attached hydrogens (tertiary/aromatic N) is 1. The minimum absolute atomic E-state index is 0.0615. The van der Waals surface area contributed by atoms with Gasteiger partial charge in [0.15, 0.2) is 0 Å². The Kier molecular flexibility index (Phi) is 4.88. The highest BCUT2D eigenvalue weighted by molar-refractivity contribution is 6.35. The third kappa shape index (κ3) is 4.00. The summed E-state index contributed by atoms with van der Waals surface area (Å²) in [6, 6.07) is 9.23. The molecule has 0 fully saturated rings. The summed E-state index contributed by atoms with van der Waals surface area (Å²) in [7, 11) is 0. The lowest BCUT2D eigenvalue weighted by Crippen LogP contribution is -1.98. The molecule has 0 radical (unpaired) electrons. The summed E-state index contributed by atoms with van der Waals surface area (Å²) in [5, 5.41) is 14.8. The average molecular weight is 327 g/mol. The maximum Gasteiger partial charge on any atom is 0.275 e. The van der Waals surface area contributed by atoms with Crippen LogP contribution >= 0.6 is 23.2 Å². The smallest absolute Gasteiger partial charge is 0.275 e. The topological polar surface area (TPSA) is 64.4 Å². The Bertz CT molecular complexity index is 677. The van der Waals surface area contributed by atoms with Crippen LogP contribution in [0.15, 0.2) is 36.4 Å². The third-order valence-corrected chi connectivity index (χ3v) is 3.14. The normalized spacial score (nSPS) is 10.2. The maximum absolute atomic E-state index is 11.0. The third-order valence-electron chi connectivity index (χ3n) is 2.60. The summed E-state index contributed by atoms with van der Waals surface area (Å²) in [5.41, 5.74) is 0.542. The van der Waals surface area contributed by atoms with E-state index in [1.54, 1.807) is 24.3 Å². The summed E-state index contributed by atoms with van der Waals surface area (Å²) in [5.74, 6) is 0.702. The number of nitro groups is 1. The van der Waals surface area contributed by atoms with Crippen molar-refractivity contribution in [2.75, 3.05) is 11.9 Å². The summed E-state index contributed by atoms with van der Waals surface area (Å²) in [6.45, 7) is 2.54. The van der Waals surface area contributed by atoms with E-state index in [-0.39, 0.29) is 5.69 Å². The van der Waals surface area contributed by atoms with Crippen molar-refractivity contribution in [3.8, 4) is 11.5 Å². The Morgan fingerprint density at radius 3 is 2.62 bits per heavy atom. The quantitative estimate of drug-likeness (QED) is 0.611. The lowest BCUT2D eigenvalue weighted by Gasteiger charge is -2.10. The van der Waals surface area contributed by atoms with E-state index >= 15 is 0 Å². The second-order valence-electron chi connectivity index (χ2n) is 4.18. The Labute approximate surface area is 131 Å². The first-order chi connectivity index (χ1) is 9.99. The van der Waals surface area contributed by atoms with Gasteiger partial charge in [0, 0.05) is 29.4 Å². The number of nitrogens with one attached hydrogen (secondary N) is 1. The molecule has 0 heterocycles. The van der Waals surface area contributed by atoms with Crippen LogP contribution in [0.4, 0.5) is 11.4 Å². The van der Waals surface area contributed by atoms with Crippen molar-refractivity contribution < 1.29 is 9.66 Å². The predicted molar refractivity (Wildman–Crippen MR) is 83.8 cm³/mol. The van der Waals surface area contributed by atoms with Crippen LogP contribution in [0, 0.1) is 10.1 Å². The largest absolute Gasteiger partial charge is 0.455 e. The highest BCUT2D eigenvalue weighted by atomic mass is 35.5. The molecule has 1 N–H and O–H groups in total. The van der Waals surface area contributed by atoms with Gasteiger partial charge in [-0.1, -0.05) is 23.2 Å². The van der Waals surface area contributed by atoms with Crippen LogP contribution in [0.3, 0.4) is 0 Å². The number of hydrogen-bond acceptors (Lipinski definition) is 4. The molecule has 0 aliphatic carbocycles. The highest BCUT2D eigenvalue weighted by Gasteiger charge is 2.12. The first-order valence-electron chi connectivity index (χ1n) is 6.16. The van der Waals surface area contributed by atoms with E-state index in [2.05, 4.69) is 5.32 Å². The summed E-state index contributed by atoms with van der Waals surface area (Å²) < 4.78 is 5.61. The number of non-ortho nitro benzene ring substituents is 1. The van der Waals surface area contributed by atoms with E-state index in [4.69, 9.17) is 27.9 Å². The van der Waals surface area contributed by atoms with E-state index < -0.39 is 4.92 Å². The van der Waals surface area contributed by atoms with Crippen LogP contribution in [-0.2, 0) is 0 Å². The monoisotopic (exact) mass is 326 g/mol. The number of halogens is 2. The van der Waals surface area contributed by atoms with Crippen molar-refractivity contribution in [3.63, 3.8) is 0 Å². The molecule has 5 nitrogen and oxygen atoms in total. The minimum Gasteiger partial charge on any atom is -0.455 e. The molecule has 0 aliphatic rings. The van der Waals surface area contributed by atoms with Gasteiger partial charge in [0.2, 0.25) is 0 Å². The molecule has 0 aliphatic heterocycles. The van der Waals surface area contributed by atoms with E-state index in [9.17, 15) is 10.1 Å². The average Bonchev–Trinajstić information content (AvgIpc) is 2.42. The van der Waals surface area contributed by atoms with Gasteiger partial charge in [-0.15, -0.1) is 0 Å². The molecule has 110 valence electrons. The van der Waals surface area contributed by atoms with Crippen molar-refractivity contribution in [3.05, 3.63) is 56.6 Å². The van der Waals surface area contributed by atoms with Gasteiger partial charge < -0.3 is 10.1 Å². The van der Waals surface area contributed by atoms with Crippen LogP contribution < -0.4 is 10.1 Å². The fraction of sp³-hybridized carbons (Fsp3) is 0.143. The van der Waals surface area contributed by atoms with Gasteiger partial charge in [0.05, 0.1) is 16.0 Å². The SMILES string of the molecule is CCNc1cc(Oc2ccc(Cl)cc2Cl)cc([N+](=O)[O-])c1. The van der Waals surface area contributed by atoms with Gasteiger partial charge in [-0.05, 0) is 25.1 Å². The molecule has 0 aromatic heterocycles. The fourth-order valence-electron chi connectivity index (χ4n) is 1.74. The first-order valence-corrected chi connectivity index (χ1v) is 6.91. The first kappa shape index (κ1) is 15.4. The second kappa shape index (κ2) is 6.65. The van der Waals surface area contributed by atoms with Crippen LogP contribution in [0.2, 0.25) is 10.0 Å². The molecule has 2 aromatic carbocycles. The van der Waals surface area contributed by atoms with Gasteiger partial charge in [0.25, 0.3) is 5.69 Å². The number of nitro benzene ring substituents is 1.